The summed E-state index contributed by atoms with van der Waals surface area (Å²) in [7, 11) is 0. The van der Waals surface area contributed by atoms with Crippen LogP contribution >= 0.6 is 0 Å². The normalized spacial score (nSPS) is 25.8. The molecule has 0 spiro atoms. The molecule has 0 unspecified atom stereocenters. The lowest BCUT2D eigenvalue weighted by Gasteiger charge is -2.56. The fourth-order valence-electron chi connectivity index (χ4n) is 6.65. The molecule has 0 aliphatic heterocycles. The molecule has 4 bridgehead atoms. The number of nitrogens with zero attached hydrogens (tertiary/aromatic N) is 2. The van der Waals surface area contributed by atoms with Crippen molar-refractivity contribution in [1.82, 2.24) is 15.3 Å². The van der Waals surface area contributed by atoms with Gasteiger partial charge in [-0.05, 0) is 87.0 Å². The molecule has 4 aliphatic rings. The molecule has 1 heterocycles. The third kappa shape index (κ3) is 5.30. The number of rotatable bonds is 9. The first-order valence-electron chi connectivity index (χ1n) is 12.6. The summed E-state index contributed by atoms with van der Waals surface area (Å²) in [4.78, 5) is 40.4. The van der Waals surface area contributed by atoms with Crippen LogP contribution in [0, 0.1) is 27.9 Å². The van der Waals surface area contributed by atoms with Crippen LogP contribution in [-0.2, 0) is 4.79 Å². The zero-order chi connectivity index (χ0) is 26.2. The van der Waals surface area contributed by atoms with E-state index in [2.05, 4.69) is 15.3 Å². The molecule has 11 nitrogen and oxygen atoms in total. The molecule has 0 radical (unpaired) electrons. The van der Waals surface area contributed by atoms with Gasteiger partial charge in [0.05, 0.1) is 11.5 Å². The number of aromatic amines is 1. The smallest absolute Gasteiger partial charge is 0.395 e. The Kier molecular flexibility index (Phi) is 6.61. The summed E-state index contributed by atoms with van der Waals surface area (Å²) < 4.78 is 11.5. The van der Waals surface area contributed by atoms with Crippen molar-refractivity contribution in [3.8, 4) is 17.4 Å². The van der Waals surface area contributed by atoms with Gasteiger partial charge in [-0.25, -0.2) is 0 Å². The van der Waals surface area contributed by atoms with Gasteiger partial charge in [-0.2, -0.15) is 4.98 Å². The van der Waals surface area contributed by atoms with Gasteiger partial charge >= 0.3 is 11.2 Å². The predicted molar refractivity (Wildman–Crippen MR) is 134 cm³/mol. The van der Waals surface area contributed by atoms with Crippen molar-refractivity contribution in [2.24, 2.45) is 17.8 Å². The van der Waals surface area contributed by atoms with E-state index in [0.29, 0.717) is 23.7 Å². The molecule has 1 aromatic heterocycles. The highest BCUT2D eigenvalue weighted by Crippen LogP contribution is 2.55. The Balaban J connectivity index is 1.24. The van der Waals surface area contributed by atoms with Gasteiger partial charge in [-0.3, -0.25) is 19.7 Å². The summed E-state index contributed by atoms with van der Waals surface area (Å²) in [6, 6.07) is 5.12. The highest BCUT2D eigenvalue weighted by atomic mass is 16.6. The van der Waals surface area contributed by atoms with Crippen molar-refractivity contribution in [3.05, 3.63) is 50.1 Å². The maximum atomic E-state index is 12.8. The average molecular weight is 511 g/mol. The van der Waals surface area contributed by atoms with Gasteiger partial charge in [0.25, 0.3) is 11.8 Å². The lowest BCUT2D eigenvalue weighted by Crippen LogP contribution is -2.60. The minimum atomic E-state index is -1.05. The summed E-state index contributed by atoms with van der Waals surface area (Å²) in [6.07, 6.45) is 10.1. The Bertz CT molecular complexity index is 1270. The van der Waals surface area contributed by atoms with Crippen LogP contribution in [0.15, 0.2) is 23.0 Å². The fourth-order valence-corrected chi connectivity index (χ4v) is 6.65. The number of H-pyrrole nitrogens is 1. The Morgan fingerprint density at radius 1 is 1.19 bits per heavy atom. The Hall–Kier alpha value is -3.89. The maximum absolute atomic E-state index is 12.8. The van der Waals surface area contributed by atoms with Gasteiger partial charge in [-0.1, -0.05) is 12.1 Å². The third-order valence-electron chi connectivity index (χ3n) is 7.58. The standard InChI is InChI=1S/C26H30N4O7/c1-2-36-20-10-15(4-6-21-27-24(32)23(30(34)35)25(33)28-21)3-5-19(20)37-14-22(31)29-26-11-16-7-17(12-26)9-18(8-16)13-26/h3-6,10,16-18H,2,7-9,11-14H2,1H3,(H,29,31)(H2,27,28,32,33)/b6-4+. The van der Waals surface area contributed by atoms with E-state index in [-0.39, 0.29) is 23.9 Å². The van der Waals surface area contributed by atoms with E-state index < -0.39 is 22.0 Å². The second kappa shape index (κ2) is 9.87. The van der Waals surface area contributed by atoms with Gasteiger partial charge in [0.1, 0.15) is 5.82 Å². The van der Waals surface area contributed by atoms with Crippen LogP contribution in [0.5, 0.6) is 17.4 Å². The van der Waals surface area contributed by atoms with Crippen LogP contribution in [0.2, 0.25) is 0 Å². The minimum Gasteiger partial charge on any atom is -0.490 e. The summed E-state index contributed by atoms with van der Waals surface area (Å²) in [5.74, 6) is 1.95. The quantitative estimate of drug-likeness (QED) is 0.342. The first kappa shape index (κ1) is 24.8. The number of aromatic hydroxyl groups is 1. The largest absolute Gasteiger partial charge is 0.490 e. The van der Waals surface area contributed by atoms with E-state index >= 15 is 0 Å². The van der Waals surface area contributed by atoms with E-state index in [9.17, 15) is 24.8 Å². The lowest BCUT2D eigenvalue weighted by atomic mass is 9.53. The second-order valence-electron chi connectivity index (χ2n) is 10.4. The number of carbonyl (C=O) groups is 1. The molecule has 196 valence electrons. The third-order valence-corrected chi connectivity index (χ3v) is 7.58. The minimum absolute atomic E-state index is 0.0484. The molecule has 0 atom stereocenters. The van der Waals surface area contributed by atoms with Crippen molar-refractivity contribution in [2.45, 2.75) is 51.0 Å². The van der Waals surface area contributed by atoms with E-state index in [1.807, 2.05) is 6.92 Å². The number of ether oxygens (including phenoxy) is 2. The van der Waals surface area contributed by atoms with Crippen LogP contribution in [0.3, 0.4) is 0 Å². The molecular weight excluding hydrogens is 480 g/mol. The zero-order valence-corrected chi connectivity index (χ0v) is 20.6. The van der Waals surface area contributed by atoms with Crippen molar-refractivity contribution >= 4 is 23.7 Å². The fraction of sp³-hybridized carbons (Fsp3) is 0.500. The molecule has 1 aromatic carbocycles. The number of hydrogen-bond acceptors (Lipinski definition) is 8. The Morgan fingerprint density at radius 3 is 2.46 bits per heavy atom. The van der Waals surface area contributed by atoms with Gasteiger partial charge in [0.15, 0.2) is 18.1 Å². The van der Waals surface area contributed by atoms with Crippen LogP contribution in [0.25, 0.3) is 12.2 Å². The summed E-state index contributed by atoms with van der Waals surface area (Å²) in [5.41, 5.74) is -1.48. The highest BCUT2D eigenvalue weighted by molar-refractivity contribution is 5.78. The monoisotopic (exact) mass is 510 g/mol. The molecule has 11 heteroatoms. The number of nitrogens with one attached hydrogen (secondary N) is 2. The topological polar surface area (TPSA) is 157 Å². The predicted octanol–water partition coefficient (Wildman–Crippen LogP) is 3.42. The van der Waals surface area contributed by atoms with Crippen LogP contribution in [0.1, 0.15) is 56.8 Å². The molecule has 1 amide bonds. The van der Waals surface area contributed by atoms with Crippen LogP contribution < -0.4 is 20.3 Å². The van der Waals surface area contributed by atoms with Crippen molar-refractivity contribution in [3.63, 3.8) is 0 Å². The first-order chi connectivity index (χ1) is 17.7. The number of carbonyl (C=O) groups excluding carboxylic acids is 1. The Labute approximate surface area is 213 Å². The summed E-state index contributed by atoms with van der Waals surface area (Å²) in [6.45, 7) is 2.11. The van der Waals surface area contributed by atoms with E-state index in [0.717, 1.165) is 37.0 Å². The second-order valence-corrected chi connectivity index (χ2v) is 10.4. The highest BCUT2D eigenvalue weighted by Gasteiger charge is 2.51. The van der Waals surface area contributed by atoms with Gasteiger partial charge in [0, 0.05) is 5.54 Å². The molecule has 4 fully saturated rings. The number of amides is 1. The molecular formula is C26H30N4O7. The van der Waals surface area contributed by atoms with E-state index in [1.54, 1.807) is 24.3 Å². The lowest BCUT2D eigenvalue weighted by molar-refractivity contribution is -0.387. The Morgan fingerprint density at radius 2 is 1.86 bits per heavy atom. The van der Waals surface area contributed by atoms with Crippen molar-refractivity contribution in [1.29, 1.82) is 0 Å². The van der Waals surface area contributed by atoms with Crippen LogP contribution in [0.4, 0.5) is 5.69 Å². The number of hydrogen-bond donors (Lipinski definition) is 3. The summed E-state index contributed by atoms with van der Waals surface area (Å²) in [5, 5.41) is 23.8. The molecule has 2 aromatic rings. The van der Waals surface area contributed by atoms with E-state index in [4.69, 9.17) is 9.47 Å². The van der Waals surface area contributed by atoms with Crippen molar-refractivity contribution in [2.75, 3.05) is 13.2 Å². The number of nitro groups is 1. The van der Waals surface area contributed by atoms with Gasteiger partial charge in [-0.15, -0.1) is 0 Å². The molecule has 4 aliphatic carbocycles. The zero-order valence-electron chi connectivity index (χ0n) is 20.6. The molecule has 0 saturated heterocycles. The van der Waals surface area contributed by atoms with Gasteiger partial charge < -0.3 is 24.9 Å². The van der Waals surface area contributed by atoms with Gasteiger partial charge in [0.2, 0.25) is 0 Å². The maximum Gasteiger partial charge on any atom is 0.395 e. The van der Waals surface area contributed by atoms with Crippen LogP contribution in [-0.4, -0.2) is 44.7 Å². The molecule has 3 N–H and O–H groups in total. The number of aromatic nitrogens is 2. The molecule has 37 heavy (non-hydrogen) atoms. The average Bonchev–Trinajstić information content (AvgIpc) is 2.80. The number of benzene rings is 1. The SMILES string of the molecule is CCOc1cc(/C=C/c2nc(O)c([N+](=O)[O-])c(=O)[nH]2)ccc1OCC(=O)NC12CC3CC(CC(C3)C1)C2. The molecule has 6 rings (SSSR count). The first-order valence-corrected chi connectivity index (χ1v) is 12.6. The molecule has 4 saturated carbocycles. The van der Waals surface area contributed by atoms with E-state index in [1.165, 1.54) is 25.3 Å². The summed E-state index contributed by atoms with van der Waals surface area (Å²) >= 11 is 0. The van der Waals surface area contributed by atoms with Crippen molar-refractivity contribution < 1.29 is 24.3 Å².